The van der Waals surface area contributed by atoms with E-state index in [9.17, 15) is 10.0 Å². The Labute approximate surface area is 143 Å². The Hall–Kier alpha value is -2.05. The van der Waals surface area contributed by atoms with E-state index in [4.69, 9.17) is 4.74 Å². The second-order valence-electron chi connectivity index (χ2n) is 5.09. The van der Waals surface area contributed by atoms with E-state index in [2.05, 4.69) is 20.7 Å². The van der Waals surface area contributed by atoms with Gasteiger partial charge in [-0.1, -0.05) is 29.8 Å². The first kappa shape index (κ1) is 17.3. The van der Waals surface area contributed by atoms with Gasteiger partial charge in [0, 0.05) is 10.0 Å². The van der Waals surface area contributed by atoms with Crippen LogP contribution in [0, 0.1) is 13.8 Å². The molecule has 0 aromatic heterocycles. The van der Waals surface area contributed by atoms with Gasteiger partial charge in [-0.3, -0.25) is 5.21 Å². The number of carbonyl (C=O) groups is 1. The van der Waals surface area contributed by atoms with Gasteiger partial charge in [0.2, 0.25) is 0 Å². The van der Waals surface area contributed by atoms with Crippen molar-refractivity contribution in [1.82, 2.24) is 0 Å². The molecule has 0 bridgehead atoms. The summed E-state index contributed by atoms with van der Waals surface area (Å²) < 4.78 is 10.9. The lowest BCUT2D eigenvalue weighted by Crippen LogP contribution is -2.28. The van der Waals surface area contributed by atoms with Crippen LogP contribution in [0.1, 0.15) is 16.7 Å². The minimum atomic E-state index is -0.871. The second-order valence-corrected chi connectivity index (χ2v) is 5.94. The molecule has 6 heteroatoms. The predicted molar refractivity (Wildman–Crippen MR) is 91.1 cm³/mol. The van der Waals surface area contributed by atoms with Crippen molar-refractivity contribution in [3.63, 3.8) is 0 Å². The first-order valence-electron chi connectivity index (χ1n) is 6.98. The molecule has 2 aromatic rings. The van der Waals surface area contributed by atoms with Gasteiger partial charge in [0.1, 0.15) is 12.4 Å². The average Bonchev–Trinajstić information content (AvgIpc) is 2.52. The lowest BCUT2D eigenvalue weighted by molar-refractivity contribution is 0.140. The molecule has 122 valence electrons. The quantitative estimate of drug-likeness (QED) is 0.622. The molecule has 0 atom stereocenters. The number of benzene rings is 2. The molecule has 1 N–H and O–H groups in total. The van der Waals surface area contributed by atoms with Crippen LogP contribution >= 0.6 is 15.9 Å². The molecule has 1 amide bonds. The van der Waals surface area contributed by atoms with E-state index in [-0.39, 0.29) is 6.61 Å². The molecule has 0 saturated heterocycles. The van der Waals surface area contributed by atoms with Crippen LogP contribution in [0.5, 0.6) is 5.75 Å². The van der Waals surface area contributed by atoms with Gasteiger partial charge in [0.25, 0.3) is 0 Å². The highest BCUT2D eigenvalue weighted by Crippen LogP contribution is 2.31. The van der Waals surface area contributed by atoms with Gasteiger partial charge in [-0.05, 0) is 47.5 Å². The summed E-state index contributed by atoms with van der Waals surface area (Å²) in [5, 5.41) is 10.5. The number of rotatable bonds is 4. The summed E-state index contributed by atoms with van der Waals surface area (Å²) in [4.78, 5) is 11.6. The van der Waals surface area contributed by atoms with Crippen LogP contribution in [-0.2, 0) is 11.3 Å². The summed E-state index contributed by atoms with van der Waals surface area (Å²) in [6, 6.07) is 11.2. The van der Waals surface area contributed by atoms with E-state index < -0.39 is 6.09 Å². The number of para-hydroxylation sites is 1. The van der Waals surface area contributed by atoms with Crippen LogP contribution in [-0.4, -0.2) is 18.4 Å². The van der Waals surface area contributed by atoms with Crippen LogP contribution in [0.2, 0.25) is 0 Å². The Balaban J connectivity index is 2.26. The van der Waals surface area contributed by atoms with Gasteiger partial charge in [0.05, 0.1) is 12.8 Å². The molecule has 0 saturated carbocycles. The number of hydrogen-bond donors (Lipinski definition) is 1. The zero-order valence-electron chi connectivity index (χ0n) is 13.2. The molecule has 0 unspecified atom stereocenters. The Morgan fingerprint density at radius 2 is 2.00 bits per heavy atom. The Bertz CT molecular complexity index is 718. The predicted octanol–water partition coefficient (Wildman–Crippen LogP) is 4.61. The molecule has 5 nitrogen and oxygen atoms in total. The van der Waals surface area contributed by atoms with Crippen molar-refractivity contribution in [1.29, 1.82) is 0 Å². The maximum Gasteiger partial charge on any atom is 0.438 e. The molecule has 0 aliphatic heterocycles. The van der Waals surface area contributed by atoms with E-state index in [1.54, 1.807) is 18.2 Å². The third kappa shape index (κ3) is 4.03. The number of anilines is 1. The largest absolute Gasteiger partial charge is 0.489 e. The number of hydrogen-bond acceptors (Lipinski definition) is 4. The normalized spacial score (nSPS) is 10.3. The molecule has 0 aliphatic rings. The molecule has 0 spiro atoms. The Kier molecular flexibility index (Phi) is 5.63. The van der Waals surface area contributed by atoms with Gasteiger partial charge in [-0.2, -0.15) is 5.06 Å². The van der Waals surface area contributed by atoms with Gasteiger partial charge >= 0.3 is 6.09 Å². The summed E-state index contributed by atoms with van der Waals surface area (Å²) in [6.45, 7) is 4.19. The van der Waals surface area contributed by atoms with Crippen molar-refractivity contribution >= 4 is 27.7 Å². The number of carbonyl (C=O) groups excluding carboxylic acids is 1. The molecule has 0 aliphatic carbocycles. The van der Waals surface area contributed by atoms with Crippen LogP contribution in [0.4, 0.5) is 10.5 Å². The molecular weight excluding hydrogens is 362 g/mol. The molecule has 2 aromatic carbocycles. The fourth-order valence-electron chi connectivity index (χ4n) is 2.21. The average molecular weight is 380 g/mol. The van der Waals surface area contributed by atoms with Gasteiger partial charge < -0.3 is 9.47 Å². The molecule has 2 rings (SSSR count). The van der Waals surface area contributed by atoms with Crippen molar-refractivity contribution in [3.05, 3.63) is 57.6 Å². The number of aryl methyl sites for hydroxylation is 2. The number of amides is 1. The summed E-state index contributed by atoms with van der Waals surface area (Å²) in [5.74, 6) is 0.754. The van der Waals surface area contributed by atoms with Crippen molar-refractivity contribution < 1.29 is 19.5 Å². The number of ether oxygens (including phenoxy) is 2. The second kappa shape index (κ2) is 7.48. The van der Waals surface area contributed by atoms with E-state index in [1.807, 2.05) is 32.0 Å². The Morgan fingerprint density at radius 1 is 1.26 bits per heavy atom. The first-order chi connectivity index (χ1) is 10.9. The lowest BCUT2D eigenvalue weighted by Gasteiger charge is -2.19. The highest BCUT2D eigenvalue weighted by Gasteiger charge is 2.20. The van der Waals surface area contributed by atoms with Crippen LogP contribution < -0.4 is 9.80 Å². The lowest BCUT2D eigenvalue weighted by atomic mass is 10.1. The van der Waals surface area contributed by atoms with E-state index in [0.717, 1.165) is 16.9 Å². The molecular formula is C17H18BrNO4. The number of nitrogens with zero attached hydrogens (tertiary/aromatic N) is 1. The smallest absolute Gasteiger partial charge is 0.438 e. The highest BCUT2D eigenvalue weighted by atomic mass is 79.9. The SMILES string of the molecule is COC(=O)N(O)c1c(Br)cccc1COc1ccc(C)cc1C. The van der Waals surface area contributed by atoms with E-state index in [1.165, 1.54) is 7.11 Å². The number of halogens is 1. The van der Waals surface area contributed by atoms with E-state index >= 15 is 0 Å². The Morgan fingerprint density at radius 3 is 2.65 bits per heavy atom. The molecule has 23 heavy (non-hydrogen) atoms. The summed E-state index contributed by atoms with van der Waals surface area (Å²) in [7, 11) is 1.20. The first-order valence-corrected chi connectivity index (χ1v) is 7.77. The topological polar surface area (TPSA) is 59.0 Å². The zero-order chi connectivity index (χ0) is 17.0. The molecule has 0 fully saturated rings. The minimum absolute atomic E-state index is 0.201. The highest BCUT2D eigenvalue weighted by molar-refractivity contribution is 9.10. The summed E-state index contributed by atoms with van der Waals surface area (Å²) in [5.41, 5.74) is 3.12. The minimum Gasteiger partial charge on any atom is -0.489 e. The summed E-state index contributed by atoms with van der Waals surface area (Å²) in [6.07, 6.45) is -0.871. The van der Waals surface area contributed by atoms with Crippen molar-refractivity contribution in [2.45, 2.75) is 20.5 Å². The van der Waals surface area contributed by atoms with Crippen molar-refractivity contribution in [3.8, 4) is 5.75 Å². The van der Waals surface area contributed by atoms with Crippen LogP contribution in [0.3, 0.4) is 0 Å². The number of methoxy groups -OCH3 is 1. The fraction of sp³-hybridized carbons (Fsp3) is 0.235. The van der Waals surface area contributed by atoms with Crippen molar-refractivity contribution in [2.24, 2.45) is 0 Å². The van der Waals surface area contributed by atoms with E-state index in [0.29, 0.717) is 20.8 Å². The van der Waals surface area contributed by atoms with Crippen LogP contribution in [0.15, 0.2) is 40.9 Å². The zero-order valence-corrected chi connectivity index (χ0v) is 14.8. The van der Waals surface area contributed by atoms with Crippen molar-refractivity contribution in [2.75, 3.05) is 12.2 Å². The third-order valence-electron chi connectivity index (χ3n) is 3.34. The number of hydroxylamine groups is 1. The molecule has 0 heterocycles. The third-order valence-corrected chi connectivity index (χ3v) is 3.98. The van der Waals surface area contributed by atoms with Gasteiger partial charge in [0.15, 0.2) is 0 Å². The van der Waals surface area contributed by atoms with Crippen LogP contribution in [0.25, 0.3) is 0 Å². The standard InChI is InChI=1S/C17H18BrNO4/c1-11-7-8-15(12(2)9-11)23-10-13-5-4-6-14(18)16(13)19(21)17(20)22-3/h4-9,21H,10H2,1-3H3. The van der Waals surface area contributed by atoms with Gasteiger partial charge in [-0.15, -0.1) is 0 Å². The maximum atomic E-state index is 11.6. The maximum absolute atomic E-state index is 11.6. The fourth-order valence-corrected chi connectivity index (χ4v) is 2.78. The molecule has 0 radical (unpaired) electrons. The van der Waals surface area contributed by atoms with Gasteiger partial charge in [-0.25, -0.2) is 4.79 Å². The monoisotopic (exact) mass is 379 g/mol. The summed E-state index contributed by atoms with van der Waals surface area (Å²) >= 11 is 3.33.